The number of hydrogen-bond acceptors (Lipinski definition) is 3. The van der Waals surface area contributed by atoms with Crippen LogP contribution in [-0.2, 0) is 10.0 Å². The predicted molar refractivity (Wildman–Crippen MR) is 89.7 cm³/mol. The fourth-order valence-corrected chi connectivity index (χ4v) is 5.25. The maximum absolute atomic E-state index is 12.8. The number of benzene rings is 1. The highest BCUT2D eigenvalue weighted by molar-refractivity contribution is 7.89. The van der Waals surface area contributed by atoms with E-state index >= 15 is 0 Å². The molecule has 0 spiro atoms. The smallest absolute Gasteiger partial charge is 0.253 e. The van der Waals surface area contributed by atoms with E-state index in [9.17, 15) is 13.2 Å². The monoisotopic (exact) mass is 336 g/mol. The fraction of sp³-hybridized carbons (Fsp3) is 0.588. The van der Waals surface area contributed by atoms with E-state index in [-0.39, 0.29) is 11.9 Å². The van der Waals surface area contributed by atoms with E-state index in [1.807, 2.05) is 18.2 Å². The van der Waals surface area contributed by atoms with Crippen molar-refractivity contribution in [2.45, 2.75) is 43.4 Å². The fourth-order valence-electron chi connectivity index (χ4n) is 3.32. The molecule has 1 aliphatic carbocycles. The van der Waals surface area contributed by atoms with Crippen LogP contribution in [0.15, 0.2) is 30.3 Å². The van der Waals surface area contributed by atoms with Gasteiger partial charge in [-0.1, -0.05) is 24.6 Å². The molecule has 0 radical (unpaired) electrons. The highest BCUT2D eigenvalue weighted by Gasteiger charge is 2.39. The predicted octanol–water partition coefficient (Wildman–Crippen LogP) is 2.11. The average molecular weight is 336 g/mol. The lowest BCUT2D eigenvalue weighted by Crippen LogP contribution is -2.51. The highest BCUT2D eigenvalue weighted by Crippen LogP contribution is 2.29. The van der Waals surface area contributed by atoms with Crippen molar-refractivity contribution in [1.82, 2.24) is 9.21 Å². The van der Waals surface area contributed by atoms with Gasteiger partial charge in [0.2, 0.25) is 10.0 Å². The number of nitrogens with zero attached hydrogens (tertiary/aromatic N) is 2. The van der Waals surface area contributed by atoms with Gasteiger partial charge < -0.3 is 4.90 Å². The van der Waals surface area contributed by atoms with Gasteiger partial charge in [0.25, 0.3) is 5.91 Å². The number of carbonyl (C=O) groups excluding carboxylic acids is 1. The van der Waals surface area contributed by atoms with Crippen molar-refractivity contribution in [2.24, 2.45) is 0 Å². The van der Waals surface area contributed by atoms with Gasteiger partial charge in [0.05, 0.1) is 5.25 Å². The second-order valence-electron chi connectivity index (χ2n) is 6.53. The summed E-state index contributed by atoms with van der Waals surface area (Å²) in [6.45, 7) is 0.931. The van der Waals surface area contributed by atoms with Crippen LogP contribution < -0.4 is 0 Å². The Labute approximate surface area is 138 Å². The molecule has 1 aromatic rings. The number of rotatable bonds is 4. The molecule has 2 aliphatic rings. The van der Waals surface area contributed by atoms with E-state index in [0.717, 1.165) is 25.7 Å². The summed E-state index contributed by atoms with van der Waals surface area (Å²) in [7, 11) is -1.64. The number of likely N-dealkylation sites (tertiary alicyclic amines) is 1. The minimum atomic E-state index is -3.33. The van der Waals surface area contributed by atoms with Crippen LogP contribution in [-0.4, -0.2) is 55.0 Å². The Balaban J connectivity index is 1.71. The quantitative estimate of drug-likeness (QED) is 0.846. The maximum atomic E-state index is 12.8. The molecule has 6 heteroatoms. The number of piperidine rings is 1. The van der Waals surface area contributed by atoms with Crippen molar-refractivity contribution in [2.75, 3.05) is 20.1 Å². The third-order valence-corrected chi connectivity index (χ3v) is 7.43. The third-order valence-electron chi connectivity index (χ3n) is 5.10. The van der Waals surface area contributed by atoms with Gasteiger partial charge in [-0.05, 0) is 37.8 Å². The topological polar surface area (TPSA) is 57.7 Å². The van der Waals surface area contributed by atoms with Crippen molar-refractivity contribution in [3.63, 3.8) is 0 Å². The Bertz CT molecular complexity index is 656. The first-order chi connectivity index (χ1) is 11.0. The SMILES string of the molecule is CN(C1CCC1)S(=O)(=O)[C@@H]1CCCN(C(=O)c2ccccc2)C1. The molecular weight excluding hydrogens is 312 g/mol. The summed E-state index contributed by atoms with van der Waals surface area (Å²) in [5, 5.41) is -0.477. The summed E-state index contributed by atoms with van der Waals surface area (Å²) in [4.78, 5) is 14.3. The molecule has 0 bridgehead atoms. The Morgan fingerprint density at radius 2 is 1.83 bits per heavy atom. The van der Waals surface area contributed by atoms with Crippen molar-refractivity contribution < 1.29 is 13.2 Å². The standard InChI is InChI=1S/C17H24N2O3S/c1-18(15-9-5-10-15)23(21,22)16-11-6-12-19(13-16)17(20)14-7-3-2-4-8-14/h2-4,7-8,15-16H,5-6,9-13H2,1H3/t16-/m1/s1. The Kier molecular flexibility index (Phi) is 4.73. The molecule has 2 fully saturated rings. The molecular formula is C17H24N2O3S. The normalized spacial score (nSPS) is 22.9. The lowest BCUT2D eigenvalue weighted by atomic mass is 9.93. The van der Waals surface area contributed by atoms with Gasteiger partial charge >= 0.3 is 0 Å². The molecule has 23 heavy (non-hydrogen) atoms. The summed E-state index contributed by atoms with van der Waals surface area (Å²) >= 11 is 0. The van der Waals surface area contributed by atoms with Gasteiger partial charge in [0.15, 0.2) is 0 Å². The van der Waals surface area contributed by atoms with Crippen molar-refractivity contribution in [3.05, 3.63) is 35.9 Å². The summed E-state index contributed by atoms with van der Waals surface area (Å²) in [6, 6.07) is 9.24. The summed E-state index contributed by atoms with van der Waals surface area (Å²) < 4.78 is 27.2. The van der Waals surface area contributed by atoms with E-state index in [2.05, 4.69) is 0 Å². The Morgan fingerprint density at radius 1 is 1.13 bits per heavy atom. The molecule has 0 unspecified atom stereocenters. The average Bonchev–Trinajstić information content (AvgIpc) is 2.53. The van der Waals surface area contributed by atoms with Gasteiger partial charge in [-0.2, -0.15) is 0 Å². The van der Waals surface area contributed by atoms with Crippen LogP contribution in [0.4, 0.5) is 0 Å². The Hall–Kier alpha value is -1.40. The second kappa shape index (κ2) is 6.61. The van der Waals surface area contributed by atoms with Gasteiger partial charge in [-0.15, -0.1) is 0 Å². The molecule has 1 saturated heterocycles. The minimum Gasteiger partial charge on any atom is -0.337 e. The van der Waals surface area contributed by atoms with Crippen LogP contribution in [0.1, 0.15) is 42.5 Å². The largest absolute Gasteiger partial charge is 0.337 e. The molecule has 1 aromatic carbocycles. The molecule has 0 aromatic heterocycles. The summed E-state index contributed by atoms with van der Waals surface area (Å²) in [5.74, 6) is -0.0724. The van der Waals surface area contributed by atoms with Crippen LogP contribution in [0.2, 0.25) is 0 Å². The van der Waals surface area contributed by atoms with Crippen LogP contribution in [0.5, 0.6) is 0 Å². The number of amides is 1. The van der Waals surface area contributed by atoms with Crippen LogP contribution in [0.3, 0.4) is 0 Å². The first-order valence-corrected chi connectivity index (χ1v) is 9.81. The van der Waals surface area contributed by atoms with Gasteiger partial charge in [-0.3, -0.25) is 4.79 Å². The molecule has 126 valence electrons. The Morgan fingerprint density at radius 3 is 2.43 bits per heavy atom. The van der Waals surface area contributed by atoms with Gasteiger partial charge in [0, 0.05) is 31.7 Å². The van der Waals surface area contributed by atoms with E-state index in [1.165, 1.54) is 0 Å². The van der Waals surface area contributed by atoms with Crippen LogP contribution >= 0.6 is 0 Å². The second-order valence-corrected chi connectivity index (χ2v) is 8.80. The molecule has 5 nitrogen and oxygen atoms in total. The van der Waals surface area contributed by atoms with Crippen LogP contribution in [0.25, 0.3) is 0 Å². The van der Waals surface area contributed by atoms with Crippen molar-refractivity contribution in [3.8, 4) is 0 Å². The van der Waals surface area contributed by atoms with E-state index in [0.29, 0.717) is 25.1 Å². The van der Waals surface area contributed by atoms with Crippen molar-refractivity contribution >= 4 is 15.9 Å². The van der Waals surface area contributed by atoms with E-state index in [1.54, 1.807) is 28.4 Å². The number of hydrogen-bond donors (Lipinski definition) is 0. The molecule has 0 N–H and O–H groups in total. The molecule has 1 atom stereocenters. The first-order valence-electron chi connectivity index (χ1n) is 8.31. The highest BCUT2D eigenvalue weighted by atomic mass is 32.2. The number of carbonyl (C=O) groups is 1. The van der Waals surface area contributed by atoms with E-state index < -0.39 is 15.3 Å². The molecule has 1 amide bonds. The zero-order valence-electron chi connectivity index (χ0n) is 13.5. The molecule has 1 saturated carbocycles. The van der Waals surface area contributed by atoms with Crippen molar-refractivity contribution in [1.29, 1.82) is 0 Å². The van der Waals surface area contributed by atoms with Crippen LogP contribution in [0, 0.1) is 0 Å². The zero-order chi connectivity index (χ0) is 16.4. The minimum absolute atomic E-state index is 0.0724. The van der Waals surface area contributed by atoms with Gasteiger partial charge in [0.1, 0.15) is 0 Å². The molecule has 3 rings (SSSR count). The first kappa shape index (κ1) is 16.5. The summed E-state index contributed by atoms with van der Waals surface area (Å²) in [5.41, 5.74) is 0.623. The lowest BCUT2D eigenvalue weighted by molar-refractivity contribution is 0.0725. The molecule has 1 heterocycles. The third kappa shape index (κ3) is 3.28. The van der Waals surface area contributed by atoms with E-state index in [4.69, 9.17) is 0 Å². The van der Waals surface area contributed by atoms with Gasteiger partial charge in [-0.25, -0.2) is 12.7 Å². The number of sulfonamides is 1. The summed E-state index contributed by atoms with van der Waals surface area (Å²) in [6.07, 6.45) is 4.39. The zero-order valence-corrected chi connectivity index (χ0v) is 14.3. The molecule has 1 aliphatic heterocycles. The lowest BCUT2D eigenvalue weighted by Gasteiger charge is -2.39. The maximum Gasteiger partial charge on any atom is 0.253 e.